The van der Waals surface area contributed by atoms with Gasteiger partial charge in [0.15, 0.2) is 0 Å². The fourth-order valence-electron chi connectivity index (χ4n) is 2.69. The van der Waals surface area contributed by atoms with Crippen LogP contribution in [0.15, 0.2) is 18.2 Å². The van der Waals surface area contributed by atoms with Gasteiger partial charge in [-0.05, 0) is 40.0 Å². The van der Waals surface area contributed by atoms with E-state index in [9.17, 15) is 0 Å². The Labute approximate surface area is 116 Å². The summed E-state index contributed by atoms with van der Waals surface area (Å²) in [4.78, 5) is 4.78. The van der Waals surface area contributed by atoms with Gasteiger partial charge < -0.3 is 15.4 Å². The lowest BCUT2D eigenvalue weighted by Gasteiger charge is -2.43. The molecule has 2 N–H and O–H groups in total. The van der Waals surface area contributed by atoms with Crippen molar-refractivity contribution in [3.63, 3.8) is 0 Å². The van der Waals surface area contributed by atoms with E-state index in [1.54, 1.807) is 0 Å². The highest BCUT2D eigenvalue weighted by Gasteiger charge is 2.27. The Morgan fingerprint density at radius 1 is 1.26 bits per heavy atom. The molecule has 0 aromatic heterocycles. The summed E-state index contributed by atoms with van der Waals surface area (Å²) in [7, 11) is 2.19. The largest absolute Gasteiger partial charge is 0.492 e. The summed E-state index contributed by atoms with van der Waals surface area (Å²) in [6.07, 6.45) is 0. The summed E-state index contributed by atoms with van der Waals surface area (Å²) in [5.41, 5.74) is 8.10. The number of anilines is 2. The average molecular weight is 263 g/mol. The smallest absolute Gasteiger partial charge is 0.144 e. The van der Waals surface area contributed by atoms with Crippen molar-refractivity contribution in [1.29, 1.82) is 0 Å². The van der Waals surface area contributed by atoms with E-state index in [2.05, 4.69) is 36.8 Å². The van der Waals surface area contributed by atoms with Gasteiger partial charge in [-0.1, -0.05) is 6.07 Å². The van der Waals surface area contributed by atoms with E-state index < -0.39 is 0 Å². The molecule has 2 unspecified atom stereocenters. The molecule has 4 heteroatoms. The molecule has 1 saturated heterocycles. The van der Waals surface area contributed by atoms with E-state index in [-0.39, 0.29) is 0 Å². The molecule has 1 aliphatic rings. The molecular formula is C15H25N3O. The number of rotatable bonds is 3. The minimum atomic E-state index is 0.527. The summed E-state index contributed by atoms with van der Waals surface area (Å²) in [5, 5.41) is 0. The van der Waals surface area contributed by atoms with Crippen LogP contribution in [0.1, 0.15) is 20.8 Å². The molecule has 1 aromatic carbocycles. The minimum Gasteiger partial charge on any atom is -0.492 e. The quantitative estimate of drug-likeness (QED) is 0.849. The molecule has 0 spiro atoms. The van der Waals surface area contributed by atoms with Gasteiger partial charge in [-0.15, -0.1) is 0 Å². The lowest BCUT2D eigenvalue weighted by molar-refractivity contribution is 0.170. The highest BCUT2D eigenvalue weighted by atomic mass is 16.5. The molecule has 1 heterocycles. The maximum Gasteiger partial charge on any atom is 0.144 e. The van der Waals surface area contributed by atoms with Gasteiger partial charge in [-0.25, -0.2) is 0 Å². The Bertz CT molecular complexity index is 423. The third kappa shape index (κ3) is 2.78. The van der Waals surface area contributed by atoms with Crippen LogP contribution in [-0.4, -0.2) is 43.7 Å². The van der Waals surface area contributed by atoms with E-state index in [4.69, 9.17) is 10.5 Å². The van der Waals surface area contributed by atoms with Crippen molar-refractivity contribution in [1.82, 2.24) is 4.90 Å². The monoisotopic (exact) mass is 263 g/mol. The van der Waals surface area contributed by atoms with Gasteiger partial charge in [-0.3, -0.25) is 4.90 Å². The van der Waals surface area contributed by atoms with E-state index in [0.717, 1.165) is 30.2 Å². The number of nitrogens with two attached hydrogens (primary N) is 1. The lowest BCUT2D eigenvalue weighted by atomic mass is 10.1. The Balaban J connectivity index is 2.24. The fourth-order valence-corrected chi connectivity index (χ4v) is 2.69. The summed E-state index contributed by atoms with van der Waals surface area (Å²) in [6.45, 7) is 9.13. The van der Waals surface area contributed by atoms with E-state index >= 15 is 0 Å². The number of ether oxygens (including phenoxy) is 1. The SMILES string of the molecule is CCOc1cccc(N2CC(C)N(C)C(C)C2)c1N. The van der Waals surface area contributed by atoms with Crippen molar-refractivity contribution in [2.24, 2.45) is 0 Å². The number of nitrogen functional groups attached to an aromatic ring is 1. The van der Waals surface area contributed by atoms with Crippen molar-refractivity contribution in [2.75, 3.05) is 37.4 Å². The predicted molar refractivity (Wildman–Crippen MR) is 80.9 cm³/mol. The Hall–Kier alpha value is -1.42. The third-order valence-corrected chi connectivity index (χ3v) is 4.04. The first-order valence-corrected chi connectivity index (χ1v) is 7.02. The normalized spacial score (nSPS) is 24.5. The minimum absolute atomic E-state index is 0.527. The number of nitrogens with zero attached hydrogens (tertiary/aromatic N) is 2. The van der Waals surface area contributed by atoms with Crippen LogP contribution in [0.3, 0.4) is 0 Å². The lowest BCUT2D eigenvalue weighted by Crippen LogP contribution is -2.55. The second-order valence-corrected chi connectivity index (χ2v) is 5.39. The van der Waals surface area contributed by atoms with Crippen LogP contribution in [0.5, 0.6) is 5.75 Å². The standard InChI is InChI=1S/C15H25N3O/c1-5-19-14-8-6-7-13(15(14)16)18-9-11(2)17(4)12(3)10-18/h6-8,11-12H,5,9-10,16H2,1-4H3. The molecular weight excluding hydrogens is 238 g/mol. The van der Waals surface area contributed by atoms with E-state index in [1.165, 1.54) is 0 Å². The molecule has 1 aromatic rings. The zero-order chi connectivity index (χ0) is 14.0. The van der Waals surface area contributed by atoms with Crippen LogP contribution >= 0.6 is 0 Å². The van der Waals surface area contributed by atoms with Crippen LogP contribution < -0.4 is 15.4 Å². The second-order valence-electron chi connectivity index (χ2n) is 5.39. The van der Waals surface area contributed by atoms with Crippen molar-refractivity contribution in [3.8, 4) is 5.75 Å². The van der Waals surface area contributed by atoms with Crippen molar-refractivity contribution in [2.45, 2.75) is 32.9 Å². The van der Waals surface area contributed by atoms with Crippen LogP contribution in [-0.2, 0) is 0 Å². The highest BCUT2D eigenvalue weighted by molar-refractivity contribution is 5.74. The number of hydrogen-bond donors (Lipinski definition) is 1. The van der Waals surface area contributed by atoms with Crippen molar-refractivity contribution in [3.05, 3.63) is 18.2 Å². The predicted octanol–water partition coefficient (Wildman–Crippen LogP) is 2.20. The first-order chi connectivity index (χ1) is 9.04. The van der Waals surface area contributed by atoms with Crippen molar-refractivity contribution < 1.29 is 4.74 Å². The van der Waals surface area contributed by atoms with Crippen LogP contribution in [0, 0.1) is 0 Å². The highest BCUT2D eigenvalue weighted by Crippen LogP contribution is 2.33. The summed E-state index contributed by atoms with van der Waals surface area (Å²) < 4.78 is 5.58. The van der Waals surface area contributed by atoms with Gasteiger partial charge in [0, 0.05) is 25.2 Å². The summed E-state index contributed by atoms with van der Waals surface area (Å²) >= 11 is 0. The van der Waals surface area contributed by atoms with Gasteiger partial charge in [-0.2, -0.15) is 0 Å². The average Bonchev–Trinajstić information content (AvgIpc) is 2.38. The van der Waals surface area contributed by atoms with Gasteiger partial charge in [0.05, 0.1) is 18.0 Å². The number of benzene rings is 1. The summed E-state index contributed by atoms with van der Waals surface area (Å²) in [6, 6.07) is 7.09. The van der Waals surface area contributed by atoms with Gasteiger partial charge in [0.1, 0.15) is 5.75 Å². The van der Waals surface area contributed by atoms with Gasteiger partial charge in [0.2, 0.25) is 0 Å². The van der Waals surface area contributed by atoms with E-state index in [1.807, 2.05) is 19.1 Å². The number of para-hydroxylation sites is 1. The van der Waals surface area contributed by atoms with Crippen LogP contribution in [0.2, 0.25) is 0 Å². The number of hydrogen-bond acceptors (Lipinski definition) is 4. The molecule has 2 rings (SSSR count). The van der Waals surface area contributed by atoms with Gasteiger partial charge >= 0.3 is 0 Å². The molecule has 4 nitrogen and oxygen atoms in total. The van der Waals surface area contributed by atoms with Crippen molar-refractivity contribution >= 4 is 11.4 Å². The fraction of sp³-hybridized carbons (Fsp3) is 0.600. The van der Waals surface area contributed by atoms with Crippen LogP contribution in [0.4, 0.5) is 11.4 Å². The number of piperazine rings is 1. The zero-order valence-electron chi connectivity index (χ0n) is 12.4. The zero-order valence-corrected chi connectivity index (χ0v) is 12.4. The Morgan fingerprint density at radius 2 is 1.89 bits per heavy atom. The first kappa shape index (κ1) is 14.0. The molecule has 0 saturated carbocycles. The van der Waals surface area contributed by atoms with E-state index in [0.29, 0.717) is 18.7 Å². The maximum atomic E-state index is 6.25. The molecule has 1 aliphatic heterocycles. The molecule has 19 heavy (non-hydrogen) atoms. The van der Waals surface area contributed by atoms with Gasteiger partial charge in [0.25, 0.3) is 0 Å². The maximum absolute atomic E-state index is 6.25. The second kappa shape index (κ2) is 5.70. The third-order valence-electron chi connectivity index (χ3n) is 4.04. The molecule has 2 atom stereocenters. The Morgan fingerprint density at radius 3 is 2.47 bits per heavy atom. The first-order valence-electron chi connectivity index (χ1n) is 7.02. The van der Waals surface area contributed by atoms with Crippen LogP contribution in [0.25, 0.3) is 0 Å². The molecule has 0 radical (unpaired) electrons. The molecule has 0 bridgehead atoms. The molecule has 0 aliphatic carbocycles. The molecule has 1 fully saturated rings. The Kier molecular flexibility index (Phi) is 4.20. The topological polar surface area (TPSA) is 41.7 Å². The number of likely N-dealkylation sites (N-methyl/N-ethyl adjacent to an activating group) is 1. The molecule has 0 amide bonds. The molecule has 106 valence electrons. The summed E-state index contributed by atoms with van der Waals surface area (Å²) in [5.74, 6) is 0.791.